The van der Waals surface area contributed by atoms with Gasteiger partial charge in [0.1, 0.15) is 0 Å². The van der Waals surface area contributed by atoms with Crippen LogP contribution in [0.3, 0.4) is 0 Å². The average molecular weight is 824 g/mol. The number of pyridine rings is 2. The van der Waals surface area contributed by atoms with Crippen molar-refractivity contribution < 1.29 is 9.59 Å². The van der Waals surface area contributed by atoms with Crippen molar-refractivity contribution in [1.82, 2.24) is 9.97 Å². The maximum atomic E-state index is 14.6. The number of nitrogens with zero attached hydrogens (tertiary/aromatic N) is 2. The van der Waals surface area contributed by atoms with E-state index in [2.05, 4.69) is 50.2 Å². The minimum atomic E-state index is -0.273. The fraction of sp³-hybridized carbons (Fsp3) is 0.462. The van der Waals surface area contributed by atoms with Gasteiger partial charge in [0.05, 0.1) is 0 Å². The second-order valence-corrected chi connectivity index (χ2v) is 19.1. The van der Waals surface area contributed by atoms with E-state index in [-0.39, 0.29) is 26.1 Å². The fourth-order valence-electron chi connectivity index (χ4n) is 9.57. The van der Waals surface area contributed by atoms with Gasteiger partial charge in [-0.25, -0.2) is 0 Å². The van der Waals surface area contributed by atoms with Crippen molar-refractivity contribution >= 4 is 58.4 Å². The summed E-state index contributed by atoms with van der Waals surface area (Å²) >= 11 is -0.273. The first-order chi connectivity index (χ1) is 28.1. The molecule has 2 aliphatic rings. The Morgan fingerprint density at radius 3 is 1.42 bits per heavy atom. The summed E-state index contributed by atoms with van der Waals surface area (Å²) in [6.45, 7) is 4.56. The third-order valence-electron chi connectivity index (χ3n) is 12.8. The van der Waals surface area contributed by atoms with E-state index in [0.717, 1.165) is 76.5 Å². The molecule has 0 spiro atoms. The van der Waals surface area contributed by atoms with Crippen molar-refractivity contribution in [3.8, 4) is 21.4 Å². The first-order valence-corrected chi connectivity index (χ1v) is 24.3. The molecule has 0 fully saturated rings. The van der Waals surface area contributed by atoms with E-state index < -0.39 is 0 Å². The molecule has 0 aliphatic heterocycles. The quantitative estimate of drug-likeness (QED) is 0.0505. The molecule has 296 valence electrons. The van der Waals surface area contributed by atoms with Crippen LogP contribution in [-0.4, -0.2) is 36.0 Å². The van der Waals surface area contributed by atoms with Crippen LogP contribution in [0.4, 0.5) is 0 Å². The van der Waals surface area contributed by atoms with Crippen LogP contribution in [0.1, 0.15) is 184 Å². The Hall–Kier alpha value is -3.92. The Morgan fingerprint density at radius 2 is 0.895 bits per heavy atom. The number of carbonyl (C=O) groups is 2. The summed E-state index contributed by atoms with van der Waals surface area (Å²) in [5.41, 5.74) is 7.23. The molecule has 0 amide bonds. The van der Waals surface area contributed by atoms with Gasteiger partial charge in [0.15, 0.2) is 0 Å². The minimum absolute atomic E-state index is 0.0174. The van der Waals surface area contributed by atoms with Crippen molar-refractivity contribution in [1.29, 1.82) is 0 Å². The SMILES string of the molecule is CCCCCCCCCCCCc1ccc2c3c(ncc2c1)-c1ccc2c4c([se]c(c14)C3=O)-c1ncc3cc(CCCCCCCCCCCC)ccc3c1C2=O. The zero-order valence-electron chi connectivity index (χ0n) is 34.4. The predicted molar refractivity (Wildman–Crippen MR) is 240 cm³/mol. The van der Waals surface area contributed by atoms with E-state index in [0.29, 0.717) is 11.1 Å². The van der Waals surface area contributed by atoms with Gasteiger partial charge in [-0.15, -0.1) is 0 Å². The number of hydrogen-bond acceptors (Lipinski definition) is 4. The molecule has 0 unspecified atom stereocenters. The summed E-state index contributed by atoms with van der Waals surface area (Å²) in [5.74, 6) is 0.0866. The zero-order valence-corrected chi connectivity index (χ0v) is 36.2. The number of unbranched alkanes of at least 4 members (excludes halogenated alkanes) is 18. The molecule has 2 aliphatic carbocycles. The Morgan fingerprint density at radius 1 is 0.456 bits per heavy atom. The van der Waals surface area contributed by atoms with Crippen LogP contribution in [0.15, 0.2) is 60.9 Å². The molecule has 57 heavy (non-hydrogen) atoms. The standard InChI is InChI=1S/C52H60N2O2Se/c1-3-5-7-9-11-13-15-17-19-21-23-35-25-27-39-37(31-35)33-53-47-41-29-30-42-44-43(41)52(50(56)45(39)47)57-51(44)48-46(49(42)55)40-28-26-36(32-38(40)34-54-48)24-22-20-18-16-14-12-10-8-6-4-2/h25-34H,3-24H2,1-2H3. The first kappa shape index (κ1) is 39.9. The van der Waals surface area contributed by atoms with Gasteiger partial charge in [0, 0.05) is 0 Å². The van der Waals surface area contributed by atoms with E-state index >= 15 is 0 Å². The Kier molecular flexibility index (Phi) is 13.1. The number of hydrogen-bond donors (Lipinski definition) is 0. The van der Waals surface area contributed by atoms with Crippen LogP contribution in [-0.2, 0) is 12.8 Å². The van der Waals surface area contributed by atoms with Crippen molar-refractivity contribution in [3.05, 3.63) is 93.2 Å². The number of ketones is 2. The van der Waals surface area contributed by atoms with Crippen LogP contribution in [0.5, 0.6) is 0 Å². The Labute approximate surface area is 346 Å². The molecule has 3 heterocycles. The molecule has 0 radical (unpaired) electrons. The van der Waals surface area contributed by atoms with Crippen LogP contribution < -0.4 is 0 Å². The van der Waals surface area contributed by atoms with Gasteiger partial charge in [-0.3, -0.25) is 0 Å². The topological polar surface area (TPSA) is 59.9 Å². The van der Waals surface area contributed by atoms with E-state index in [9.17, 15) is 9.59 Å². The summed E-state index contributed by atoms with van der Waals surface area (Å²) in [6, 6.07) is 17.2. The van der Waals surface area contributed by atoms with Crippen LogP contribution in [0, 0.1) is 0 Å². The normalized spacial score (nSPS) is 12.9. The van der Waals surface area contributed by atoms with Gasteiger partial charge < -0.3 is 0 Å². The molecule has 4 nitrogen and oxygen atoms in total. The second-order valence-electron chi connectivity index (χ2n) is 17.0. The third kappa shape index (κ3) is 8.35. The second kappa shape index (κ2) is 18.8. The first-order valence-electron chi connectivity index (χ1n) is 22.6. The molecule has 0 atom stereocenters. The molecule has 3 aromatic heterocycles. The van der Waals surface area contributed by atoms with Crippen molar-refractivity contribution in [3.63, 3.8) is 0 Å². The number of fused-ring (bicyclic) bond motifs is 8. The molecule has 0 N–H and O–H groups in total. The van der Waals surface area contributed by atoms with E-state index in [1.807, 2.05) is 24.5 Å². The summed E-state index contributed by atoms with van der Waals surface area (Å²) in [6.07, 6.45) is 32.7. The van der Waals surface area contributed by atoms with Gasteiger partial charge in [0.2, 0.25) is 0 Å². The summed E-state index contributed by atoms with van der Waals surface area (Å²) in [4.78, 5) is 38.9. The fourth-order valence-corrected chi connectivity index (χ4v) is 12.2. The monoisotopic (exact) mass is 824 g/mol. The molecule has 3 aromatic carbocycles. The van der Waals surface area contributed by atoms with Gasteiger partial charge in [-0.1, -0.05) is 90.9 Å². The van der Waals surface area contributed by atoms with E-state index in [1.165, 1.54) is 140 Å². The third-order valence-corrected chi connectivity index (χ3v) is 15.3. The maximum absolute atomic E-state index is 14.6. The molecule has 0 saturated heterocycles. The average Bonchev–Trinajstić information content (AvgIpc) is 3.64. The zero-order chi connectivity index (χ0) is 39.1. The molecule has 5 heteroatoms. The Bertz CT molecular complexity index is 2400. The molecular formula is C52H60N2O2Se. The summed E-state index contributed by atoms with van der Waals surface area (Å²) in [5, 5.41) is 5.87. The summed E-state index contributed by atoms with van der Waals surface area (Å²) < 4.78 is 1.91. The molecular weight excluding hydrogens is 764 g/mol. The number of aromatic nitrogens is 2. The van der Waals surface area contributed by atoms with Crippen LogP contribution >= 0.6 is 0 Å². The van der Waals surface area contributed by atoms with E-state index in [4.69, 9.17) is 9.97 Å². The van der Waals surface area contributed by atoms with Crippen LogP contribution in [0.25, 0.3) is 53.7 Å². The number of rotatable bonds is 22. The number of aryl methyl sites for hydroxylation is 2. The van der Waals surface area contributed by atoms with Gasteiger partial charge in [0.25, 0.3) is 0 Å². The molecule has 0 bridgehead atoms. The predicted octanol–water partition coefficient (Wildman–Crippen LogP) is 14.3. The van der Waals surface area contributed by atoms with Gasteiger partial charge in [-0.2, -0.15) is 0 Å². The van der Waals surface area contributed by atoms with Crippen molar-refractivity contribution in [2.75, 3.05) is 0 Å². The van der Waals surface area contributed by atoms with Crippen molar-refractivity contribution in [2.24, 2.45) is 0 Å². The van der Waals surface area contributed by atoms with Crippen molar-refractivity contribution in [2.45, 2.75) is 155 Å². The molecule has 0 saturated carbocycles. The molecule has 6 aromatic rings. The summed E-state index contributed by atoms with van der Waals surface area (Å²) in [7, 11) is 0. The van der Waals surface area contributed by atoms with Gasteiger partial charge >= 0.3 is 257 Å². The van der Waals surface area contributed by atoms with E-state index in [1.54, 1.807) is 0 Å². The Balaban J connectivity index is 0.968. The number of benzene rings is 3. The number of carbonyl (C=O) groups excluding carboxylic acids is 2. The van der Waals surface area contributed by atoms with Gasteiger partial charge in [-0.05, 0) is 0 Å². The van der Waals surface area contributed by atoms with Crippen LogP contribution in [0.2, 0.25) is 0 Å². The molecule has 8 rings (SSSR count).